The van der Waals surface area contributed by atoms with E-state index in [4.69, 9.17) is 0 Å². The molecular weight excluding hydrogens is 443 g/mol. The van der Waals surface area contributed by atoms with Gasteiger partial charge in [-0.1, -0.05) is 30.3 Å². The quantitative estimate of drug-likeness (QED) is 0.471. The SMILES string of the molecule is OC(CN1c2cccc(-c3cccnc3)c2CCC1c1cccc(OC(F)F)c1)C(F)(F)F. The summed E-state index contributed by atoms with van der Waals surface area (Å²) in [4.78, 5) is 5.63. The minimum atomic E-state index is -4.80. The van der Waals surface area contributed by atoms with Crippen molar-refractivity contribution in [1.29, 1.82) is 0 Å². The molecule has 4 rings (SSSR count). The highest BCUT2D eigenvalue weighted by atomic mass is 19.4. The number of aliphatic hydroxyl groups is 1. The van der Waals surface area contributed by atoms with Gasteiger partial charge in [0.25, 0.3) is 0 Å². The zero-order valence-corrected chi connectivity index (χ0v) is 17.3. The summed E-state index contributed by atoms with van der Waals surface area (Å²) >= 11 is 0. The lowest BCUT2D eigenvalue weighted by Crippen LogP contribution is -2.44. The van der Waals surface area contributed by atoms with E-state index in [0.29, 0.717) is 24.1 Å². The van der Waals surface area contributed by atoms with Crippen molar-refractivity contribution in [3.8, 4) is 16.9 Å². The van der Waals surface area contributed by atoms with E-state index in [-0.39, 0.29) is 5.75 Å². The van der Waals surface area contributed by atoms with Crippen LogP contribution in [0.1, 0.15) is 23.6 Å². The van der Waals surface area contributed by atoms with E-state index in [1.54, 1.807) is 36.7 Å². The number of alkyl halides is 5. The average Bonchev–Trinajstić information content (AvgIpc) is 2.78. The fourth-order valence-corrected chi connectivity index (χ4v) is 4.26. The third-order valence-electron chi connectivity index (χ3n) is 5.69. The molecule has 1 aliphatic heterocycles. The van der Waals surface area contributed by atoms with Crippen LogP contribution in [0.15, 0.2) is 67.0 Å². The molecule has 3 aromatic rings. The molecule has 0 aliphatic carbocycles. The second-order valence-electron chi connectivity index (χ2n) is 7.76. The Morgan fingerprint density at radius 3 is 2.58 bits per heavy atom. The molecule has 0 saturated heterocycles. The van der Waals surface area contributed by atoms with Crippen molar-refractivity contribution in [2.45, 2.75) is 37.8 Å². The topological polar surface area (TPSA) is 45.6 Å². The molecule has 0 radical (unpaired) electrons. The fourth-order valence-electron chi connectivity index (χ4n) is 4.26. The van der Waals surface area contributed by atoms with Crippen LogP contribution in [-0.4, -0.2) is 35.5 Å². The summed E-state index contributed by atoms with van der Waals surface area (Å²) < 4.78 is 69.7. The minimum Gasteiger partial charge on any atom is -0.435 e. The number of halogens is 5. The van der Waals surface area contributed by atoms with Gasteiger partial charge in [0.05, 0.1) is 12.6 Å². The second kappa shape index (κ2) is 9.35. The third kappa shape index (κ3) is 5.08. The van der Waals surface area contributed by atoms with Crippen molar-refractivity contribution in [2.24, 2.45) is 0 Å². The number of rotatable bonds is 6. The van der Waals surface area contributed by atoms with Crippen LogP contribution in [0.2, 0.25) is 0 Å². The first kappa shape index (κ1) is 23.0. The van der Waals surface area contributed by atoms with E-state index in [0.717, 1.165) is 16.7 Å². The number of hydrogen-bond acceptors (Lipinski definition) is 4. The van der Waals surface area contributed by atoms with E-state index < -0.39 is 31.5 Å². The molecule has 0 bridgehead atoms. The molecule has 0 fully saturated rings. The van der Waals surface area contributed by atoms with Crippen molar-refractivity contribution in [2.75, 3.05) is 11.4 Å². The van der Waals surface area contributed by atoms with Crippen LogP contribution in [-0.2, 0) is 6.42 Å². The number of pyridine rings is 1. The third-order valence-corrected chi connectivity index (χ3v) is 5.69. The lowest BCUT2D eigenvalue weighted by Gasteiger charge is -2.41. The van der Waals surface area contributed by atoms with E-state index >= 15 is 0 Å². The highest BCUT2D eigenvalue weighted by Gasteiger charge is 2.41. The molecule has 2 unspecified atom stereocenters. The van der Waals surface area contributed by atoms with Crippen molar-refractivity contribution in [3.05, 3.63) is 78.1 Å². The van der Waals surface area contributed by atoms with E-state index in [9.17, 15) is 27.1 Å². The largest absolute Gasteiger partial charge is 0.435 e. The van der Waals surface area contributed by atoms with Gasteiger partial charge >= 0.3 is 12.8 Å². The molecule has 1 N–H and O–H groups in total. The van der Waals surface area contributed by atoms with E-state index in [1.807, 2.05) is 12.1 Å². The molecule has 0 amide bonds. The first-order chi connectivity index (χ1) is 15.7. The number of nitrogens with zero attached hydrogens (tertiary/aromatic N) is 2. The Morgan fingerprint density at radius 2 is 1.88 bits per heavy atom. The number of benzene rings is 2. The molecule has 1 aliphatic rings. The number of aromatic nitrogens is 1. The summed E-state index contributed by atoms with van der Waals surface area (Å²) in [6.45, 7) is -3.71. The van der Waals surface area contributed by atoms with Crippen molar-refractivity contribution in [3.63, 3.8) is 0 Å². The normalized spacial score (nSPS) is 17.1. The highest BCUT2D eigenvalue weighted by Crippen LogP contribution is 2.43. The lowest BCUT2D eigenvalue weighted by molar-refractivity contribution is -0.200. The van der Waals surface area contributed by atoms with Crippen LogP contribution in [0.3, 0.4) is 0 Å². The number of anilines is 1. The molecule has 2 atom stereocenters. The van der Waals surface area contributed by atoms with E-state index in [1.165, 1.54) is 23.1 Å². The van der Waals surface area contributed by atoms with Crippen LogP contribution in [0.5, 0.6) is 5.75 Å². The first-order valence-corrected chi connectivity index (χ1v) is 10.3. The predicted octanol–water partition coefficient (Wildman–Crippen LogP) is 5.77. The second-order valence-corrected chi connectivity index (χ2v) is 7.76. The molecule has 0 spiro atoms. The Bertz CT molecular complexity index is 1090. The molecule has 2 heterocycles. The van der Waals surface area contributed by atoms with Crippen LogP contribution >= 0.6 is 0 Å². The van der Waals surface area contributed by atoms with Gasteiger partial charge in [-0.2, -0.15) is 22.0 Å². The summed E-state index contributed by atoms with van der Waals surface area (Å²) in [5.74, 6) is -0.0753. The van der Waals surface area contributed by atoms with Crippen molar-refractivity contribution in [1.82, 2.24) is 4.98 Å². The molecule has 4 nitrogen and oxygen atoms in total. The van der Waals surface area contributed by atoms with Gasteiger partial charge in [0.15, 0.2) is 6.10 Å². The molecule has 9 heteroatoms. The molecule has 2 aromatic carbocycles. The summed E-state index contributed by atoms with van der Waals surface area (Å²) in [6.07, 6.45) is -3.09. The van der Waals surface area contributed by atoms with Crippen LogP contribution < -0.4 is 9.64 Å². The van der Waals surface area contributed by atoms with Crippen molar-refractivity contribution >= 4 is 5.69 Å². The van der Waals surface area contributed by atoms with Gasteiger partial charge in [-0.05, 0) is 53.8 Å². The molecule has 0 saturated carbocycles. The van der Waals surface area contributed by atoms with Crippen LogP contribution in [0, 0.1) is 0 Å². The summed E-state index contributed by atoms with van der Waals surface area (Å²) in [7, 11) is 0. The standard InChI is InChI=1S/C24H21F5N2O2/c25-23(26)33-17-6-1-4-15(12-17)20-10-9-19-18(16-5-3-11-30-13-16)7-2-8-21(19)31(20)14-22(32)24(27,28)29/h1-8,11-13,20,22-23,32H,9-10,14H2. The smallest absolute Gasteiger partial charge is 0.416 e. The highest BCUT2D eigenvalue weighted by molar-refractivity contribution is 5.75. The Kier molecular flexibility index (Phi) is 6.51. The maximum Gasteiger partial charge on any atom is 0.416 e. The van der Waals surface area contributed by atoms with Crippen LogP contribution in [0.25, 0.3) is 11.1 Å². The van der Waals surface area contributed by atoms with Gasteiger partial charge in [0.2, 0.25) is 0 Å². The Labute approximate surface area is 187 Å². The number of ether oxygens (including phenoxy) is 1. The zero-order valence-electron chi connectivity index (χ0n) is 17.3. The van der Waals surface area contributed by atoms with Gasteiger partial charge in [-0.25, -0.2) is 0 Å². The molecule has 33 heavy (non-hydrogen) atoms. The van der Waals surface area contributed by atoms with Gasteiger partial charge in [-0.3, -0.25) is 4.98 Å². The van der Waals surface area contributed by atoms with Gasteiger partial charge in [0, 0.05) is 23.6 Å². The van der Waals surface area contributed by atoms with Gasteiger partial charge in [0.1, 0.15) is 5.75 Å². The minimum absolute atomic E-state index is 0.0753. The van der Waals surface area contributed by atoms with Gasteiger partial charge in [-0.15, -0.1) is 0 Å². The Morgan fingerprint density at radius 1 is 1.09 bits per heavy atom. The molecule has 174 valence electrons. The summed E-state index contributed by atoms with van der Waals surface area (Å²) in [5, 5.41) is 9.89. The zero-order chi connectivity index (χ0) is 23.6. The first-order valence-electron chi connectivity index (χ1n) is 10.3. The fraction of sp³-hybridized carbons (Fsp3) is 0.292. The monoisotopic (exact) mass is 464 g/mol. The van der Waals surface area contributed by atoms with Crippen molar-refractivity contribution < 1.29 is 31.8 Å². The number of aliphatic hydroxyl groups excluding tert-OH is 1. The molecule has 1 aromatic heterocycles. The lowest BCUT2D eigenvalue weighted by atomic mass is 9.87. The maximum atomic E-state index is 13.3. The Hall–Kier alpha value is -3.20. The number of fused-ring (bicyclic) bond motifs is 1. The number of β-amino-alcohol motifs (C(OH)–C–C–N with tert-alkyl or cyclic N) is 1. The average molecular weight is 464 g/mol. The van der Waals surface area contributed by atoms with E-state index in [2.05, 4.69) is 9.72 Å². The molecular formula is C24H21F5N2O2. The van der Waals surface area contributed by atoms with Gasteiger partial charge < -0.3 is 14.7 Å². The maximum absolute atomic E-state index is 13.3. The summed E-state index contributed by atoms with van der Waals surface area (Å²) in [6, 6.07) is 14.4. The number of hydrogen-bond donors (Lipinski definition) is 1. The van der Waals surface area contributed by atoms with Crippen LogP contribution in [0.4, 0.5) is 27.6 Å². The predicted molar refractivity (Wildman–Crippen MR) is 113 cm³/mol. The summed E-state index contributed by atoms with van der Waals surface area (Å²) in [5.41, 5.74) is 3.60. The Balaban J connectivity index is 1.77.